The Morgan fingerprint density at radius 3 is 2.17 bits per heavy atom. The lowest BCUT2D eigenvalue weighted by Gasteiger charge is -2.29. The number of hydrogen-bond donors (Lipinski definition) is 3. The third-order valence-corrected chi connectivity index (χ3v) is 6.95. The maximum absolute atomic E-state index is 14.5. The van der Waals surface area contributed by atoms with Gasteiger partial charge in [0, 0.05) is 5.02 Å². The van der Waals surface area contributed by atoms with Crippen LogP contribution in [0.25, 0.3) is 5.69 Å². The van der Waals surface area contributed by atoms with Gasteiger partial charge in [-0.05, 0) is 48.5 Å². The Morgan fingerprint density at radius 2 is 1.63 bits per heavy atom. The topological polar surface area (TPSA) is 139 Å². The van der Waals surface area contributed by atoms with Crippen LogP contribution in [0.5, 0.6) is 5.75 Å². The first kappa shape index (κ1) is 24.5. The number of fused-ring (bicyclic) bond motifs is 1. The van der Waals surface area contributed by atoms with E-state index in [4.69, 9.17) is 16.3 Å². The molecule has 0 saturated carbocycles. The summed E-state index contributed by atoms with van der Waals surface area (Å²) in [5, 5.41) is 1.97. The van der Waals surface area contributed by atoms with Crippen molar-refractivity contribution in [3.63, 3.8) is 0 Å². The molecule has 1 aliphatic heterocycles. The van der Waals surface area contributed by atoms with Crippen LogP contribution in [-0.2, 0) is 20.4 Å². The molecular weight excluding hydrogens is 517 g/mol. The van der Waals surface area contributed by atoms with Gasteiger partial charge in [-0.25, -0.2) is 17.8 Å². The summed E-state index contributed by atoms with van der Waals surface area (Å²) in [6, 6.07) is 9.43. The molecule has 4 rings (SSSR count). The Hall–Kier alpha value is -3.62. The SMILES string of the molecule is COc1ccc(-n2c3c(c(=O)[nH]c2=O)[C@](NS(=O)(=O)c2ccc(Cl)cc2)(C(F)(F)F)C(=O)N3)cc1. The summed E-state index contributed by atoms with van der Waals surface area (Å²) in [7, 11) is -3.67. The van der Waals surface area contributed by atoms with Crippen LogP contribution in [0.15, 0.2) is 63.0 Å². The number of sulfonamides is 1. The van der Waals surface area contributed by atoms with Gasteiger partial charge >= 0.3 is 11.9 Å². The number of nitrogens with zero attached hydrogens (tertiary/aromatic N) is 1. The van der Waals surface area contributed by atoms with E-state index in [0.717, 1.165) is 24.3 Å². The summed E-state index contributed by atoms with van der Waals surface area (Å²) in [6.07, 6.45) is -5.64. The van der Waals surface area contributed by atoms with Crippen molar-refractivity contribution in [3.05, 3.63) is 80.0 Å². The van der Waals surface area contributed by atoms with E-state index in [1.165, 1.54) is 36.1 Å². The van der Waals surface area contributed by atoms with Crippen LogP contribution in [-0.4, -0.2) is 37.2 Å². The predicted molar refractivity (Wildman–Crippen MR) is 117 cm³/mol. The molecule has 2 aromatic carbocycles. The molecule has 0 fully saturated rings. The zero-order chi connectivity index (χ0) is 25.8. The Bertz CT molecular complexity index is 1550. The van der Waals surface area contributed by atoms with Crippen molar-refractivity contribution in [1.82, 2.24) is 14.3 Å². The average Bonchev–Trinajstić information content (AvgIpc) is 3.07. The highest BCUT2D eigenvalue weighted by molar-refractivity contribution is 7.89. The van der Waals surface area contributed by atoms with Gasteiger partial charge in [0.05, 0.1) is 23.3 Å². The molecule has 184 valence electrons. The third-order valence-electron chi connectivity index (χ3n) is 5.23. The second kappa shape index (κ2) is 8.25. The second-order valence-electron chi connectivity index (χ2n) is 7.28. The first-order valence-corrected chi connectivity index (χ1v) is 11.4. The molecule has 2 heterocycles. The van der Waals surface area contributed by atoms with E-state index >= 15 is 0 Å². The fourth-order valence-corrected chi connectivity index (χ4v) is 5.05. The maximum Gasteiger partial charge on any atom is 0.421 e. The van der Waals surface area contributed by atoms with Crippen LogP contribution in [0.4, 0.5) is 19.0 Å². The number of alkyl halides is 3. The molecule has 1 amide bonds. The minimum absolute atomic E-state index is 0.0397. The standard InChI is InChI=1S/C20H14ClF3N4O6S/c1-34-12-6-4-11(5-7-12)28-15-14(16(29)26-18(28)31)19(17(30)25-15,20(22,23)24)27-35(32,33)13-8-2-10(21)3-9-13/h2-9,27H,1H3,(H,25,30)(H,26,29,31)/t19-/m1/s1. The molecule has 1 atom stereocenters. The largest absolute Gasteiger partial charge is 0.497 e. The molecule has 3 aromatic rings. The van der Waals surface area contributed by atoms with Crippen molar-refractivity contribution < 1.29 is 31.1 Å². The number of H-pyrrole nitrogens is 1. The number of rotatable bonds is 5. The number of aromatic nitrogens is 2. The van der Waals surface area contributed by atoms with Gasteiger partial charge in [0.15, 0.2) is 0 Å². The van der Waals surface area contributed by atoms with Crippen molar-refractivity contribution in [3.8, 4) is 11.4 Å². The molecule has 0 bridgehead atoms. The minimum Gasteiger partial charge on any atom is -0.497 e. The number of anilines is 1. The second-order valence-corrected chi connectivity index (χ2v) is 9.40. The maximum atomic E-state index is 14.5. The number of hydrogen-bond acceptors (Lipinski definition) is 6. The Balaban J connectivity index is 1.99. The van der Waals surface area contributed by atoms with Crippen LogP contribution in [0.3, 0.4) is 0 Å². The van der Waals surface area contributed by atoms with Gasteiger partial charge in [-0.2, -0.15) is 17.9 Å². The molecule has 0 aliphatic carbocycles. The van der Waals surface area contributed by atoms with Gasteiger partial charge < -0.3 is 10.1 Å². The van der Waals surface area contributed by atoms with E-state index in [0.29, 0.717) is 10.3 Å². The monoisotopic (exact) mass is 530 g/mol. The lowest BCUT2D eigenvalue weighted by Crippen LogP contribution is -2.61. The van der Waals surface area contributed by atoms with E-state index in [1.54, 1.807) is 4.98 Å². The number of amides is 1. The summed E-state index contributed by atoms with van der Waals surface area (Å²) in [4.78, 5) is 39.1. The summed E-state index contributed by atoms with van der Waals surface area (Å²) in [5.41, 5.74) is -8.21. The quantitative estimate of drug-likeness (QED) is 0.460. The molecule has 15 heteroatoms. The summed E-state index contributed by atoms with van der Waals surface area (Å²) in [6.45, 7) is 0. The molecule has 0 unspecified atom stereocenters. The number of aromatic amines is 1. The van der Waals surface area contributed by atoms with Gasteiger partial charge in [-0.1, -0.05) is 11.6 Å². The zero-order valence-electron chi connectivity index (χ0n) is 17.4. The number of methoxy groups -OCH3 is 1. The van der Waals surface area contributed by atoms with Crippen molar-refractivity contribution in [2.75, 3.05) is 12.4 Å². The van der Waals surface area contributed by atoms with Crippen LogP contribution < -0.4 is 26.0 Å². The van der Waals surface area contributed by atoms with E-state index in [9.17, 15) is 36.0 Å². The molecule has 0 radical (unpaired) electrons. The molecule has 1 aromatic heterocycles. The number of benzene rings is 2. The van der Waals surface area contributed by atoms with Crippen LogP contribution in [0.2, 0.25) is 5.02 Å². The van der Waals surface area contributed by atoms with Crippen LogP contribution >= 0.6 is 11.6 Å². The summed E-state index contributed by atoms with van der Waals surface area (Å²) < 4.78 is 76.2. The van der Waals surface area contributed by atoms with Gasteiger partial charge in [0.25, 0.3) is 11.5 Å². The number of halogens is 4. The van der Waals surface area contributed by atoms with Crippen molar-refractivity contribution in [2.24, 2.45) is 0 Å². The molecule has 3 N–H and O–H groups in total. The lowest BCUT2D eigenvalue weighted by molar-refractivity contribution is -0.194. The molecule has 10 nitrogen and oxygen atoms in total. The molecule has 1 aliphatic rings. The molecule has 35 heavy (non-hydrogen) atoms. The number of ether oxygens (including phenoxy) is 1. The molecule has 0 saturated heterocycles. The van der Waals surface area contributed by atoms with Crippen LogP contribution in [0, 0.1) is 0 Å². The Kier molecular flexibility index (Phi) is 5.78. The third kappa shape index (κ3) is 3.88. The highest BCUT2D eigenvalue weighted by Gasteiger charge is 2.69. The van der Waals surface area contributed by atoms with Gasteiger partial charge in [0.1, 0.15) is 11.6 Å². The summed E-state index contributed by atoms with van der Waals surface area (Å²) >= 11 is 5.71. The van der Waals surface area contributed by atoms with Crippen molar-refractivity contribution >= 4 is 33.3 Å². The Morgan fingerprint density at radius 1 is 1.03 bits per heavy atom. The highest BCUT2D eigenvalue weighted by atomic mass is 35.5. The molecule has 0 spiro atoms. The first-order valence-electron chi connectivity index (χ1n) is 9.54. The molecular formula is C20H14ClF3N4O6S. The number of nitrogens with one attached hydrogen (secondary N) is 3. The fraction of sp³-hybridized carbons (Fsp3) is 0.150. The van der Waals surface area contributed by atoms with E-state index in [-0.39, 0.29) is 10.7 Å². The number of carbonyl (C=O) groups excluding carboxylic acids is 1. The smallest absolute Gasteiger partial charge is 0.421 e. The fourth-order valence-electron chi connectivity index (χ4n) is 3.60. The summed E-state index contributed by atoms with van der Waals surface area (Å²) in [5.74, 6) is -2.41. The Labute approximate surface area is 199 Å². The normalized spacial score (nSPS) is 17.7. The lowest BCUT2D eigenvalue weighted by atomic mass is 9.93. The van der Waals surface area contributed by atoms with E-state index in [1.807, 2.05) is 5.32 Å². The zero-order valence-corrected chi connectivity index (χ0v) is 19.0. The highest BCUT2D eigenvalue weighted by Crippen LogP contribution is 2.46. The van der Waals surface area contributed by atoms with Gasteiger partial charge in [0.2, 0.25) is 15.6 Å². The van der Waals surface area contributed by atoms with Gasteiger partial charge in [-0.15, -0.1) is 0 Å². The average molecular weight is 531 g/mol. The van der Waals surface area contributed by atoms with Crippen LogP contribution in [0.1, 0.15) is 5.56 Å². The van der Waals surface area contributed by atoms with Crippen molar-refractivity contribution in [2.45, 2.75) is 16.6 Å². The van der Waals surface area contributed by atoms with E-state index in [2.05, 4.69) is 0 Å². The van der Waals surface area contributed by atoms with Crippen molar-refractivity contribution in [1.29, 1.82) is 0 Å². The number of carbonyl (C=O) groups is 1. The van der Waals surface area contributed by atoms with E-state index < -0.39 is 55.2 Å². The minimum atomic E-state index is -5.64. The van der Waals surface area contributed by atoms with Gasteiger partial charge in [-0.3, -0.25) is 14.6 Å². The predicted octanol–water partition coefficient (Wildman–Crippen LogP) is 1.88. The first-order chi connectivity index (χ1) is 16.3.